The zero-order valence-electron chi connectivity index (χ0n) is 12.4. The SMILES string of the molecule is CC(C)C1CCC(O)C(CN(C)Cc2ccoc2)C1. The van der Waals surface area contributed by atoms with Crippen molar-refractivity contribution in [3.8, 4) is 0 Å². The predicted molar refractivity (Wildman–Crippen MR) is 76.7 cm³/mol. The molecule has 0 aromatic carbocycles. The minimum atomic E-state index is -0.123. The lowest BCUT2D eigenvalue weighted by molar-refractivity contribution is 0.0214. The Labute approximate surface area is 116 Å². The topological polar surface area (TPSA) is 36.6 Å². The number of nitrogens with zero attached hydrogens (tertiary/aromatic N) is 1. The van der Waals surface area contributed by atoms with Crippen molar-refractivity contribution in [3.63, 3.8) is 0 Å². The van der Waals surface area contributed by atoms with Crippen LogP contribution in [0.15, 0.2) is 23.0 Å². The lowest BCUT2D eigenvalue weighted by atomic mass is 9.74. The van der Waals surface area contributed by atoms with Crippen LogP contribution < -0.4 is 0 Å². The summed E-state index contributed by atoms with van der Waals surface area (Å²) >= 11 is 0. The van der Waals surface area contributed by atoms with Gasteiger partial charge in [0.2, 0.25) is 0 Å². The minimum absolute atomic E-state index is 0.123. The van der Waals surface area contributed by atoms with Crippen molar-refractivity contribution in [1.29, 1.82) is 0 Å². The number of hydrogen-bond acceptors (Lipinski definition) is 3. The summed E-state index contributed by atoms with van der Waals surface area (Å²) in [6.07, 6.45) is 6.70. The van der Waals surface area contributed by atoms with E-state index >= 15 is 0 Å². The van der Waals surface area contributed by atoms with Gasteiger partial charge in [-0.3, -0.25) is 0 Å². The average molecular weight is 265 g/mol. The number of rotatable bonds is 5. The third-order valence-electron chi connectivity index (χ3n) is 4.50. The number of furan rings is 1. The summed E-state index contributed by atoms with van der Waals surface area (Å²) in [7, 11) is 2.12. The molecular formula is C16H27NO2. The van der Waals surface area contributed by atoms with E-state index in [-0.39, 0.29) is 6.10 Å². The molecule has 0 spiro atoms. The van der Waals surface area contributed by atoms with Crippen molar-refractivity contribution in [2.75, 3.05) is 13.6 Å². The standard InChI is InChI=1S/C16H27NO2/c1-12(2)14-4-5-16(18)15(8-14)10-17(3)9-13-6-7-19-11-13/h6-7,11-12,14-16,18H,4-5,8-10H2,1-3H3. The van der Waals surface area contributed by atoms with E-state index in [4.69, 9.17) is 4.42 Å². The maximum Gasteiger partial charge on any atom is 0.0947 e. The number of hydrogen-bond donors (Lipinski definition) is 1. The maximum absolute atomic E-state index is 10.2. The van der Waals surface area contributed by atoms with Gasteiger partial charge >= 0.3 is 0 Å². The second-order valence-electron chi connectivity index (χ2n) is 6.47. The zero-order valence-corrected chi connectivity index (χ0v) is 12.4. The predicted octanol–water partition coefficient (Wildman–Crippen LogP) is 3.14. The number of aliphatic hydroxyl groups is 1. The van der Waals surface area contributed by atoms with E-state index in [1.807, 2.05) is 6.07 Å². The molecule has 1 heterocycles. The number of aliphatic hydroxyl groups excluding tert-OH is 1. The molecular weight excluding hydrogens is 238 g/mol. The Bertz CT molecular complexity index is 361. The smallest absolute Gasteiger partial charge is 0.0947 e. The van der Waals surface area contributed by atoms with E-state index in [9.17, 15) is 5.11 Å². The Hall–Kier alpha value is -0.800. The Morgan fingerprint density at radius 1 is 1.42 bits per heavy atom. The highest BCUT2D eigenvalue weighted by Crippen LogP contribution is 2.34. The molecule has 1 N–H and O–H groups in total. The van der Waals surface area contributed by atoms with Crippen LogP contribution in [0.1, 0.15) is 38.7 Å². The molecule has 1 fully saturated rings. The molecule has 0 saturated heterocycles. The van der Waals surface area contributed by atoms with Crippen LogP contribution in [0, 0.1) is 17.8 Å². The van der Waals surface area contributed by atoms with E-state index < -0.39 is 0 Å². The zero-order chi connectivity index (χ0) is 13.8. The van der Waals surface area contributed by atoms with E-state index in [2.05, 4.69) is 25.8 Å². The normalized spacial score (nSPS) is 28.2. The van der Waals surface area contributed by atoms with Gasteiger partial charge in [-0.1, -0.05) is 13.8 Å². The molecule has 3 atom stereocenters. The molecule has 1 aromatic rings. The quantitative estimate of drug-likeness (QED) is 0.888. The van der Waals surface area contributed by atoms with E-state index in [0.717, 1.165) is 37.8 Å². The molecule has 0 bridgehead atoms. The van der Waals surface area contributed by atoms with Crippen molar-refractivity contribution >= 4 is 0 Å². The molecule has 0 radical (unpaired) electrons. The summed E-state index contributed by atoms with van der Waals surface area (Å²) in [5, 5.41) is 10.2. The van der Waals surface area contributed by atoms with Gasteiger partial charge < -0.3 is 14.4 Å². The molecule has 19 heavy (non-hydrogen) atoms. The van der Waals surface area contributed by atoms with Crippen molar-refractivity contribution in [2.24, 2.45) is 17.8 Å². The van der Waals surface area contributed by atoms with Gasteiger partial charge in [0.1, 0.15) is 0 Å². The lowest BCUT2D eigenvalue weighted by Crippen LogP contribution is -2.38. The first-order valence-corrected chi connectivity index (χ1v) is 7.44. The fourth-order valence-electron chi connectivity index (χ4n) is 3.25. The van der Waals surface area contributed by atoms with Crippen LogP contribution in [0.25, 0.3) is 0 Å². The molecule has 3 heteroatoms. The first kappa shape index (κ1) is 14.6. The lowest BCUT2D eigenvalue weighted by Gasteiger charge is -2.37. The monoisotopic (exact) mass is 265 g/mol. The van der Waals surface area contributed by atoms with Gasteiger partial charge in [0.15, 0.2) is 0 Å². The third kappa shape index (κ3) is 4.08. The van der Waals surface area contributed by atoms with Crippen LogP contribution in [0.2, 0.25) is 0 Å². The Balaban J connectivity index is 1.85. The summed E-state index contributed by atoms with van der Waals surface area (Å²) in [4.78, 5) is 2.29. The minimum Gasteiger partial charge on any atom is -0.472 e. The van der Waals surface area contributed by atoms with Crippen LogP contribution in [0.5, 0.6) is 0 Å². The van der Waals surface area contributed by atoms with Gasteiger partial charge in [-0.25, -0.2) is 0 Å². The summed E-state index contributed by atoms with van der Waals surface area (Å²) in [5.74, 6) is 1.92. The van der Waals surface area contributed by atoms with E-state index in [1.165, 1.54) is 12.0 Å². The Morgan fingerprint density at radius 3 is 2.84 bits per heavy atom. The van der Waals surface area contributed by atoms with Crippen LogP contribution in [0.3, 0.4) is 0 Å². The van der Waals surface area contributed by atoms with Crippen molar-refractivity contribution < 1.29 is 9.52 Å². The summed E-state index contributed by atoms with van der Waals surface area (Å²) in [5.41, 5.74) is 1.20. The molecule has 2 rings (SSSR count). The molecule has 1 aromatic heterocycles. The molecule has 1 saturated carbocycles. The van der Waals surface area contributed by atoms with Gasteiger partial charge in [0, 0.05) is 18.7 Å². The molecule has 3 unspecified atom stereocenters. The highest BCUT2D eigenvalue weighted by Gasteiger charge is 2.31. The van der Waals surface area contributed by atoms with E-state index in [1.54, 1.807) is 12.5 Å². The Kier molecular flexibility index (Phi) is 5.06. The van der Waals surface area contributed by atoms with Crippen LogP contribution in [-0.4, -0.2) is 29.7 Å². The van der Waals surface area contributed by atoms with Gasteiger partial charge in [0.25, 0.3) is 0 Å². The van der Waals surface area contributed by atoms with Gasteiger partial charge in [-0.05, 0) is 50.1 Å². The van der Waals surface area contributed by atoms with Crippen molar-refractivity contribution in [1.82, 2.24) is 4.90 Å². The maximum atomic E-state index is 10.2. The van der Waals surface area contributed by atoms with Gasteiger partial charge in [0.05, 0.1) is 18.6 Å². The van der Waals surface area contributed by atoms with Gasteiger partial charge in [-0.15, -0.1) is 0 Å². The molecule has 1 aliphatic rings. The van der Waals surface area contributed by atoms with Crippen LogP contribution in [-0.2, 0) is 6.54 Å². The fourth-order valence-corrected chi connectivity index (χ4v) is 3.25. The largest absolute Gasteiger partial charge is 0.472 e. The van der Waals surface area contributed by atoms with Crippen LogP contribution in [0.4, 0.5) is 0 Å². The second-order valence-corrected chi connectivity index (χ2v) is 6.47. The molecule has 1 aliphatic carbocycles. The highest BCUT2D eigenvalue weighted by molar-refractivity contribution is 5.04. The summed E-state index contributed by atoms with van der Waals surface area (Å²) < 4.78 is 5.10. The second kappa shape index (κ2) is 6.58. The van der Waals surface area contributed by atoms with Crippen molar-refractivity contribution in [2.45, 2.75) is 45.8 Å². The van der Waals surface area contributed by atoms with E-state index in [0.29, 0.717) is 5.92 Å². The third-order valence-corrected chi connectivity index (χ3v) is 4.50. The van der Waals surface area contributed by atoms with Gasteiger partial charge in [-0.2, -0.15) is 0 Å². The Morgan fingerprint density at radius 2 is 2.21 bits per heavy atom. The highest BCUT2D eigenvalue weighted by atomic mass is 16.3. The fraction of sp³-hybridized carbons (Fsp3) is 0.750. The summed E-state index contributed by atoms with van der Waals surface area (Å²) in [6.45, 7) is 6.46. The molecule has 3 nitrogen and oxygen atoms in total. The molecule has 0 amide bonds. The first-order valence-electron chi connectivity index (χ1n) is 7.44. The average Bonchev–Trinajstić information content (AvgIpc) is 2.84. The van der Waals surface area contributed by atoms with Crippen molar-refractivity contribution in [3.05, 3.63) is 24.2 Å². The summed E-state index contributed by atoms with van der Waals surface area (Å²) in [6, 6.07) is 2.00. The molecule has 108 valence electrons. The first-order chi connectivity index (χ1) is 9.06. The van der Waals surface area contributed by atoms with Crippen LogP contribution >= 0.6 is 0 Å². The molecule has 0 aliphatic heterocycles.